The molecule has 4 bridgehead atoms. The van der Waals surface area contributed by atoms with E-state index >= 15 is 0 Å². The molecular formula is C22H29NO4. The molecule has 0 radical (unpaired) electrons. The van der Waals surface area contributed by atoms with Crippen LogP contribution in [0, 0.1) is 23.2 Å². The summed E-state index contributed by atoms with van der Waals surface area (Å²) in [6.07, 6.45) is 8.08. The van der Waals surface area contributed by atoms with Gasteiger partial charge in [-0.1, -0.05) is 0 Å². The molecule has 27 heavy (non-hydrogen) atoms. The predicted molar refractivity (Wildman–Crippen MR) is 102 cm³/mol. The first-order valence-corrected chi connectivity index (χ1v) is 10.2. The van der Waals surface area contributed by atoms with Crippen molar-refractivity contribution in [3.8, 4) is 5.75 Å². The van der Waals surface area contributed by atoms with Gasteiger partial charge in [0.1, 0.15) is 5.75 Å². The summed E-state index contributed by atoms with van der Waals surface area (Å²) in [5.74, 6) is 2.67. The number of carbonyl (C=O) groups excluding carboxylic acids is 2. The Labute approximate surface area is 160 Å². The fourth-order valence-corrected chi connectivity index (χ4v) is 6.01. The smallest absolute Gasteiger partial charge is 0.306 e. The number of ether oxygens (including phenoxy) is 2. The third-order valence-corrected chi connectivity index (χ3v) is 6.50. The highest BCUT2D eigenvalue weighted by atomic mass is 16.5. The van der Waals surface area contributed by atoms with Gasteiger partial charge < -0.3 is 14.8 Å². The van der Waals surface area contributed by atoms with Crippen molar-refractivity contribution in [3.63, 3.8) is 0 Å². The zero-order valence-electron chi connectivity index (χ0n) is 16.0. The molecule has 1 N–H and O–H groups in total. The lowest BCUT2D eigenvalue weighted by atomic mass is 9.49. The van der Waals surface area contributed by atoms with Crippen LogP contribution in [0.15, 0.2) is 24.3 Å². The normalized spacial score (nSPS) is 30.8. The number of esters is 1. The highest BCUT2D eigenvalue weighted by Crippen LogP contribution is 2.61. The first kappa shape index (κ1) is 18.3. The van der Waals surface area contributed by atoms with E-state index in [-0.39, 0.29) is 23.9 Å². The second kappa shape index (κ2) is 7.53. The number of anilines is 1. The Balaban J connectivity index is 1.24. The van der Waals surface area contributed by atoms with E-state index in [9.17, 15) is 9.59 Å². The minimum Gasteiger partial charge on any atom is -0.494 e. The van der Waals surface area contributed by atoms with Crippen LogP contribution in [0.25, 0.3) is 0 Å². The van der Waals surface area contributed by atoms with Crippen molar-refractivity contribution in [1.82, 2.24) is 0 Å². The highest BCUT2D eigenvalue weighted by molar-refractivity contribution is 5.92. The molecule has 0 unspecified atom stereocenters. The Morgan fingerprint density at radius 3 is 2.19 bits per heavy atom. The van der Waals surface area contributed by atoms with Crippen LogP contribution in [-0.4, -0.2) is 25.1 Å². The largest absolute Gasteiger partial charge is 0.494 e. The van der Waals surface area contributed by atoms with E-state index in [1.807, 2.05) is 6.92 Å². The number of rotatable bonds is 7. The molecule has 0 aromatic heterocycles. The molecule has 4 fully saturated rings. The topological polar surface area (TPSA) is 64.6 Å². The van der Waals surface area contributed by atoms with Crippen LogP contribution in [0.4, 0.5) is 5.69 Å². The van der Waals surface area contributed by atoms with Crippen molar-refractivity contribution in [2.24, 2.45) is 23.2 Å². The maximum atomic E-state index is 12.4. The lowest BCUT2D eigenvalue weighted by molar-refractivity contribution is -0.154. The van der Waals surface area contributed by atoms with Gasteiger partial charge >= 0.3 is 5.97 Å². The maximum Gasteiger partial charge on any atom is 0.306 e. The van der Waals surface area contributed by atoms with E-state index in [0.29, 0.717) is 18.7 Å². The molecule has 0 saturated heterocycles. The molecule has 4 aliphatic rings. The van der Waals surface area contributed by atoms with Gasteiger partial charge in [-0.25, -0.2) is 0 Å². The average Bonchev–Trinajstić information content (AvgIpc) is 2.60. The minimum atomic E-state index is -0.307. The molecule has 1 aromatic carbocycles. The minimum absolute atomic E-state index is 0.150. The summed E-state index contributed by atoms with van der Waals surface area (Å²) in [4.78, 5) is 24.5. The van der Waals surface area contributed by atoms with Crippen molar-refractivity contribution in [3.05, 3.63) is 24.3 Å². The Bertz CT molecular complexity index is 661. The molecule has 5 nitrogen and oxygen atoms in total. The number of hydrogen-bond acceptors (Lipinski definition) is 4. The van der Waals surface area contributed by atoms with Crippen LogP contribution >= 0.6 is 0 Å². The highest BCUT2D eigenvalue weighted by Gasteiger charge is 2.51. The average molecular weight is 371 g/mol. The molecule has 4 aliphatic carbocycles. The van der Waals surface area contributed by atoms with Crippen LogP contribution in [0.5, 0.6) is 5.75 Å². The summed E-state index contributed by atoms with van der Waals surface area (Å²) in [6.45, 7) is 2.30. The van der Waals surface area contributed by atoms with Crippen molar-refractivity contribution in [2.75, 3.05) is 18.5 Å². The SMILES string of the molecule is CCOc1ccc(NC(=O)COC(=O)CC23CC4CC(CC(C4)C2)C3)cc1. The summed E-state index contributed by atoms with van der Waals surface area (Å²) in [6, 6.07) is 7.16. The molecule has 0 aliphatic heterocycles. The zero-order valence-corrected chi connectivity index (χ0v) is 16.0. The van der Waals surface area contributed by atoms with E-state index in [2.05, 4.69) is 5.32 Å². The summed E-state index contributed by atoms with van der Waals surface area (Å²) >= 11 is 0. The van der Waals surface area contributed by atoms with Crippen molar-refractivity contribution < 1.29 is 19.1 Å². The van der Waals surface area contributed by atoms with E-state index in [4.69, 9.17) is 9.47 Å². The van der Waals surface area contributed by atoms with Crippen molar-refractivity contribution >= 4 is 17.6 Å². The Hall–Kier alpha value is -2.04. The molecule has 0 spiro atoms. The van der Waals surface area contributed by atoms with E-state index in [1.165, 1.54) is 38.5 Å². The number of nitrogens with one attached hydrogen (secondary N) is 1. The maximum absolute atomic E-state index is 12.4. The summed E-state index contributed by atoms with van der Waals surface area (Å²) in [5.41, 5.74) is 0.817. The van der Waals surface area contributed by atoms with Gasteiger partial charge in [0.05, 0.1) is 13.0 Å². The van der Waals surface area contributed by atoms with Crippen LogP contribution in [0.1, 0.15) is 51.9 Å². The third-order valence-electron chi connectivity index (χ3n) is 6.50. The number of carbonyl (C=O) groups is 2. The van der Waals surface area contributed by atoms with E-state index in [1.54, 1.807) is 24.3 Å². The summed E-state index contributed by atoms with van der Waals surface area (Å²) < 4.78 is 10.7. The lowest BCUT2D eigenvalue weighted by Gasteiger charge is -2.56. The van der Waals surface area contributed by atoms with E-state index in [0.717, 1.165) is 23.5 Å². The Morgan fingerprint density at radius 1 is 1.04 bits per heavy atom. The number of amides is 1. The van der Waals surface area contributed by atoms with Crippen LogP contribution in [0.3, 0.4) is 0 Å². The van der Waals surface area contributed by atoms with Crippen LogP contribution in [0.2, 0.25) is 0 Å². The van der Waals surface area contributed by atoms with Gasteiger partial charge in [0.15, 0.2) is 6.61 Å². The lowest BCUT2D eigenvalue weighted by Crippen LogP contribution is -2.47. The molecule has 4 saturated carbocycles. The quantitative estimate of drug-likeness (QED) is 0.731. The summed E-state index contributed by atoms with van der Waals surface area (Å²) in [5, 5.41) is 2.75. The van der Waals surface area contributed by atoms with Gasteiger partial charge in [0.25, 0.3) is 5.91 Å². The van der Waals surface area contributed by atoms with Crippen LogP contribution < -0.4 is 10.1 Å². The predicted octanol–water partition coefficient (Wildman–Crippen LogP) is 4.17. The molecular weight excluding hydrogens is 342 g/mol. The fraction of sp³-hybridized carbons (Fsp3) is 0.636. The van der Waals surface area contributed by atoms with Crippen molar-refractivity contribution in [1.29, 1.82) is 0 Å². The van der Waals surface area contributed by atoms with E-state index < -0.39 is 0 Å². The van der Waals surface area contributed by atoms with Crippen LogP contribution in [-0.2, 0) is 14.3 Å². The number of benzene rings is 1. The van der Waals surface area contributed by atoms with Crippen molar-refractivity contribution in [2.45, 2.75) is 51.9 Å². The summed E-state index contributed by atoms with van der Waals surface area (Å²) in [7, 11) is 0. The molecule has 0 atom stereocenters. The van der Waals surface area contributed by atoms with Gasteiger partial charge in [-0.3, -0.25) is 9.59 Å². The van der Waals surface area contributed by atoms with Gasteiger partial charge in [-0.05, 0) is 92.9 Å². The third kappa shape index (κ3) is 4.28. The Morgan fingerprint density at radius 2 is 1.63 bits per heavy atom. The molecule has 1 amide bonds. The second-order valence-corrected chi connectivity index (χ2v) is 8.76. The van der Waals surface area contributed by atoms with Gasteiger partial charge in [-0.2, -0.15) is 0 Å². The molecule has 1 aromatic rings. The first-order valence-electron chi connectivity index (χ1n) is 10.2. The first-order chi connectivity index (χ1) is 13.0. The second-order valence-electron chi connectivity index (χ2n) is 8.76. The standard InChI is InChI=1S/C22H29NO4/c1-2-26-19-5-3-18(4-6-19)23-20(24)14-27-21(25)13-22-10-15-7-16(11-22)9-17(8-15)12-22/h3-6,15-17H,2,7-14H2,1H3,(H,23,24). The number of hydrogen-bond donors (Lipinski definition) is 1. The fourth-order valence-electron chi connectivity index (χ4n) is 6.01. The molecule has 5 heteroatoms. The van der Waals surface area contributed by atoms with Gasteiger partial charge in [-0.15, -0.1) is 0 Å². The van der Waals surface area contributed by atoms with Gasteiger partial charge in [0.2, 0.25) is 0 Å². The zero-order chi connectivity index (χ0) is 18.9. The molecule has 146 valence electrons. The molecule has 0 heterocycles. The molecule has 5 rings (SSSR count). The Kier molecular flexibility index (Phi) is 5.11. The van der Waals surface area contributed by atoms with Gasteiger partial charge in [0, 0.05) is 5.69 Å². The monoisotopic (exact) mass is 371 g/mol.